The first-order valence-corrected chi connectivity index (χ1v) is 10.0. The van der Waals surface area contributed by atoms with Gasteiger partial charge in [-0.1, -0.05) is 35.5 Å². The van der Waals surface area contributed by atoms with Crippen molar-refractivity contribution < 1.29 is 18.7 Å². The van der Waals surface area contributed by atoms with Crippen molar-refractivity contribution in [3.63, 3.8) is 0 Å². The number of allylic oxidation sites excluding steroid dienone is 3. The zero-order valence-corrected chi connectivity index (χ0v) is 17.7. The lowest BCUT2D eigenvalue weighted by Gasteiger charge is -2.21. The second-order valence-electron chi connectivity index (χ2n) is 6.48. The van der Waals surface area contributed by atoms with Gasteiger partial charge >= 0.3 is 0 Å². The Hall–Kier alpha value is -2.57. The van der Waals surface area contributed by atoms with Crippen LogP contribution >= 0.6 is 23.4 Å². The van der Waals surface area contributed by atoms with E-state index in [9.17, 15) is 14.0 Å². The van der Waals surface area contributed by atoms with Crippen LogP contribution in [0.4, 0.5) is 4.39 Å². The van der Waals surface area contributed by atoms with Crippen LogP contribution in [0.1, 0.15) is 29.8 Å². The molecular formula is C22H19ClFNO3S. The Morgan fingerprint density at radius 1 is 1.24 bits per heavy atom. The van der Waals surface area contributed by atoms with Crippen molar-refractivity contribution in [2.24, 2.45) is 0 Å². The van der Waals surface area contributed by atoms with Crippen LogP contribution in [0.2, 0.25) is 5.02 Å². The lowest BCUT2D eigenvalue weighted by molar-refractivity contribution is -0.113. The summed E-state index contributed by atoms with van der Waals surface area (Å²) >= 11 is 7.27. The van der Waals surface area contributed by atoms with Gasteiger partial charge in [0.1, 0.15) is 11.6 Å². The molecule has 0 amide bonds. The Balaban J connectivity index is 1.98. The van der Waals surface area contributed by atoms with Crippen molar-refractivity contribution in [1.82, 2.24) is 4.90 Å². The second-order valence-corrected chi connectivity index (χ2v) is 7.95. The highest BCUT2D eigenvalue weighted by atomic mass is 35.5. The summed E-state index contributed by atoms with van der Waals surface area (Å²) in [4.78, 5) is 27.4. The first-order chi connectivity index (χ1) is 13.8. The quantitative estimate of drug-likeness (QED) is 0.441. The monoisotopic (exact) mass is 431 g/mol. The molecule has 0 bridgehead atoms. The average Bonchev–Trinajstić information content (AvgIpc) is 2.97. The van der Waals surface area contributed by atoms with E-state index in [-0.39, 0.29) is 17.4 Å². The van der Waals surface area contributed by atoms with Gasteiger partial charge < -0.3 is 9.64 Å². The summed E-state index contributed by atoms with van der Waals surface area (Å²) in [5, 5.41) is 1.01. The maximum Gasteiger partial charge on any atom is 0.192 e. The summed E-state index contributed by atoms with van der Waals surface area (Å²) < 4.78 is 18.9. The third-order valence-corrected chi connectivity index (χ3v) is 6.01. The molecule has 0 aliphatic carbocycles. The van der Waals surface area contributed by atoms with Crippen molar-refractivity contribution in [2.45, 2.75) is 20.4 Å². The molecule has 2 aromatic carbocycles. The molecule has 1 heterocycles. The minimum absolute atomic E-state index is 0.0899. The topological polar surface area (TPSA) is 46.6 Å². The molecule has 0 N–H and O–H groups in total. The maximum atomic E-state index is 13.6. The van der Waals surface area contributed by atoms with Crippen LogP contribution in [0.15, 0.2) is 64.2 Å². The second kappa shape index (κ2) is 8.84. The fraction of sp³-hybridized carbons (Fsp3) is 0.182. The zero-order chi connectivity index (χ0) is 21.1. The van der Waals surface area contributed by atoms with Gasteiger partial charge in [0.15, 0.2) is 11.6 Å². The fourth-order valence-electron chi connectivity index (χ4n) is 3.03. The summed E-state index contributed by atoms with van der Waals surface area (Å²) in [5.74, 6) is -0.318. The molecule has 150 valence electrons. The van der Waals surface area contributed by atoms with Gasteiger partial charge in [0.05, 0.1) is 22.6 Å². The van der Waals surface area contributed by atoms with Crippen molar-refractivity contribution in [1.29, 1.82) is 0 Å². The largest absolute Gasteiger partial charge is 0.496 e. The molecule has 1 aliphatic rings. The predicted molar refractivity (Wildman–Crippen MR) is 113 cm³/mol. The molecule has 0 aromatic heterocycles. The number of benzene rings is 2. The van der Waals surface area contributed by atoms with Gasteiger partial charge in [0.2, 0.25) is 0 Å². The number of thioether (sulfide) groups is 1. The zero-order valence-electron chi connectivity index (χ0n) is 16.2. The average molecular weight is 432 g/mol. The number of ketones is 2. The minimum Gasteiger partial charge on any atom is -0.496 e. The number of hydrogen-bond acceptors (Lipinski definition) is 5. The van der Waals surface area contributed by atoms with Gasteiger partial charge in [0, 0.05) is 23.3 Å². The van der Waals surface area contributed by atoms with Crippen molar-refractivity contribution in [2.75, 3.05) is 7.11 Å². The van der Waals surface area contributed by atoms with Gasteiger partial charge in [-0.15, -0.1) is 0 Å². The summed E-state index contributed by atoms with van der Waals surface area (Å²) in [6.07, 6.45) is 1.46. The molecule has 1 aliphatic heterocycles. The fourth-order valence-corrected chi connectivity index (χ4v) is 4.29. The van der Waals surface area contributed by atoms with E-state index in [1.807, 2.05) is 11.8 Å². The van der Waals surface area contributed by atoms with Crippen LogP contribution in [0.3, 0.4) is 0 Å². The molecule has 4 nitrogen and oxygen atoms in total. The van der Waals surface area contributed by atoms with E-state index in [1.54, 1.807) is 30.3 Å². The number of nitrogens with zero attached hydrogens (tertiary/aromatic N) is 1. The van der Waals surface area contributed by atoms with Gasteiger partial charge in [-0.25, -0.2) is 4.39 Å². The maximum absolute atomic E-state index is 13.6. The number of Topliss-reactive ketones (excluding diaryl/α,β-unsaturated/α-hetero) is 1. The summed E-state index contributed by atoms with van der Waals surface area (Å²) in [6, 6.07) is 11.1. The van der Waals surface area contributed by atoms with E-state index in [1.165, 1.54) is 44.0 Å². The van der Waals surface area contributed by atoms with E-state index in [0.29, 0.717) is 32.8 Å². The number of ether oxygens (including phenoxy) is 1. The SMILES string of the molecule is COc1ccc(Cl)cc1C(=O)C=C1SC(C(C)=O)=C(C)N1Cc1cccc(F)c1. The number of halogens is 2. The van der Waals surface area contributed by atoms with E-state index < -0.39 is 0 Å². The Bertz CT molecular complexity index is 1050. The summed E-state index contributed by atoms with van der Waals surface area (Å²) in [7, 11) is 1.48. The highest BCUT2D eigenvalue weighted by Crippen LogP contribution is 2.42. The molecule has 0 fully saturated rings. The molecule has 0 spiro atoms. The van der Waals surface area contributed by atoms with Gasteiger partial charge in [-0.2, -0.15) is 0 Å². The molecular weight excluding hydrogens is 413 g/mol. The first kappa shape index (κ1) is 21.1. The number of rotatable bonds is 6. The molecule has 7 heteroatoms. The van der Waals surface area contributed by atoms with Crippen LogP contribution in [-0.4, -0.2) is 23.6 Å². The Kier molecular flexibility index (Phi) is 6.45. The number of hydrogen-bond donors (Lipinski definition) is 0. The predicted octanol–water partition coefficient (Wildman–Crippen LogP) is 5.58. The van der Waals surface area contributed by atoms with E-state index in [0.717, 1.165) is 11.3 Å². The van der Waals surface area contributed by atoms with Crippen molar-refractivity contribution in [3.8, 4) is 5.75 Å². The van der Waals surface area contributed by atoms with Crippen LogP contribution < -0.4 is 4.74 Å². The van der Waals surface area contributed by atoms with E-state index >= 15 is 0 Å². The number of carbonyl (C=O) groups excluding carboxylic acids is 2. The summed E-state index contributed by atoms with van der Waals surface area (Å²) in [5.41, 5.74) is 1.78. The van der Waals surface area contributed by atoms with Gasteiger partial charge in [0.25, 0.3) is 0 Å². The standard InChI is InChI=1S/C22H19ClFNO3S/c1-13-22(14(2)26)29-21(25(13)12-15-5-4-6-17(24)9-15)11-19(27)18-10-16(23)7-8-20(18)28-3/h4-11H,12H2,1-3H3. The van der Waals surface area contributed by atoms with Gasteiger partial charge in [-0.3, -0.25) is 9.59 Å². The normalized spacial score (nSPS) is 15.2. The molecule has 0 unspecified atom stereocenters. The first-order valence-electron chi connectivity index (χ1n) is 8.81. The Morgan fingerprint density at radius 3 is 2.66 bits per heavy atom. The minimum atomic E-state index is -0.340. The van der Waals surface area contributed by atoms with Crippen molar-refractivity contribution >= 4 is 34.9 Å². The van der Waals surface area contributed by atoms with Crippen molar-refractivity contribution in [3.05, 3.63) is 86.1 Å². The molecule has 3 rings (SSSR count). The third-order valence-electron chi connectivity index (χ3n) is 4.44. The van der Waals surface area contributed by atoms with Crippen LogP contribution in [0.25, 0.3) is 0 Å². The third kappa shape index (κ3) is 4.71. The van der Waals surface area contributed by atoms with Gasteiger partial charge in [-0.05, 0) is 49.7 Å². The molecule has 0 atom stereocenters. The molecule has 0 saturated heterocycles. The summed E-state index contributed by atoms with van der Waals surface area (Å²) in [6.45, 7) is 3.63. The Labute approximate surface area is 178 Å². The van der Waals surface area contributed by atoms with Crippen LogP contribution in [0, 0.1) is 5.82 Å². The van der Waals surface area contributed by atoms with Crippen LogP contribution in [-0.2, 0) is 11.3 Å². The lowest BCUT2D eigenvalue weighted by Crippen LogP contribution is -2.17. The van der Waals surface area contributed by atoms with E-state index in [4.69, 9.17) is 16.3 Å². The molecule has 0 saturated carbocycles. The van der Waals surface area contributed by atoms with E-state index in [2.05, 4.69) is 0 Å². The highest BCUT2D eigenvalue weighted by Gasteiger charge is 2.29. The Morgan fingerprint density at radius 2 is 2.00 bits per heavy atom. The van der Waals surface area contributed by atoms with Crippen LogP contribution in [0.5, 0.6) is 5.75 Å². The molecule has 2 aromatic rings. The number of methoxy groups -OCH3 is 1. The number of carbonyl (C=O) groups is 2. The highest BCUT2D eigenvalue weighted by molar-refractivity contribution is 8.07. The smallest absolute Gasteiger partial charge is 0.192 e. The molecule has 0 radical (unpaired) electrons. The lowest BCUT2D eigenvalue weighted by atomic mass is 10.1. The molecule has 29 heavy (non-hydrogen) atoms.